The van der Waals surface area contributed by atoms with Crippen LogP contribution in [0.15, 0.2) is 52.9 Å². The number of hydrogen-bond acceptors (Lipinski definition) is 7. The minimum Gasteiger partial charge on any atom is -0.490 e. The van der Waals surface area contributed by atoms with E-state index in [4.69, 9.17) is 42.4 Å². The molecule has 0 fully saturated rings. The molecule has 0 aliphatic heterocycles. The molecule has 1 amide bonds. The van der Waals surface area contributed by atoms with Crippen molar-refractivity contribution in [2.45, 2.75) is 27.7 Å². The van der Waals surface area contributed by atoms with Gasteiger partial charge in [-0.1, -0.05) is 17.7 Å². The van der Waals surface area contributed by atoms with Crippen molar-refractivity contribution in [2.75, 3.05) is 25.1 Å². The predicted molar refractivity (Wildman–Crippen MR) is 153 cm³/mol. The number of ether oxygens (including phenoxy) is 3. The molecule has 0 spiro atoms. The highest BCUT2D eigenvalue weighted by Crippen LogP contribution is 2.39. The van der Waals surface area contributed by atoms with Crippen LogP contribution in [0.25, 0.3) is 22.6 Å². The highest BCUT2D eigenvalue weighted by Gasteiger charge is 2.19. The summed E-state index contributed by atoms with van der Waals surface area (Å²) in [6.45, 7) is 8.76. The zero-order valence-electron chi connectivity index (χ0n) is 21.5. The Morgan fingerprint density at radius 2 is 1.66 bits per heavy atom. The summed E-state index contributed by atoms with van der Waals surface area (Å²) >= 11 is 11.8. The molecule has 8 nitrogen and oxygen atoms in total. The van der Waals surface area contributed by atoms with Crippen LogP contribution in [0, 0.1) is 6.92 Å². The molecule has 38 heavy (non-hydrogen) atoms. The Morgan fingerprint density at radius 3 is 2.32 bits per heavy atom. The van der Waals surface area contributed by atoms with E-state index in [1.165, 1.54) is 0 Å². The Labute approximate surface area is 231 Å². The second-order valence-corrected chi connectivity index (χ2v) is 9.01. The molecule has 1 heterocycles. The number of carbonyl (C=O) groups is 1. The average molecular weight is 554 g/mol. The molecule has 0 saturated heterocycles. The predicted octanol–water partition coefficient (Wildman–Crippen LogP) is 6.78. The van der Waals surface area contributed by atoms with Crippen LogP contribution in [0.2, 0.25) is 5.02 Å². The molecule has 1 aromatic heterocycles. The molecule has 0 unspecified atom stereocenters. The highest BCUT2D eigenvalue weighted by atomic mass is 35.5. The Balaban J connectivity index is 1.54. The number of halogens is 1. The highest BCUT2D eigenvalue weighted by molar-refractivity contribution is 7.80. The van der Waals surface area contributed by atoms with Crippen molar-refractivity contribution in [1.82, 2.24) is 10.3 Å². The molecule has 0 atom stereocenters. The number of aromatic nitrogens is 1. The largest absolute Gasteiger partial charge is 0.490 e. The third-order valence-electron chi connectivity index (χ3n) is 5.40. The molecule has 0 saturated carbocycles. The normalized spacial score (nSPS) is 10.8. The van der Waals surface area contributed by atoms with Crippen LogP contribution >= 0.6 is 23.8 Å². The van der Waals surface area contributed by atoms with Gasteiger partial charge in [-0.3, -0.25) is 10.1 Å². The molecule has 10 heteroatoms. The van der Waals surface area contributed by atoms with E-state index in [9.17, 15) is 4.79 Å². The van der Waals surface area contributed by atoms with Gasteiger partial charge in [0.1, 0.15) is 5.52 Å². The summed E-state index contributed by atoms with van der Waals surface area (Å²) in [5.74, 6) is 1.27. The number of carbonyl (C=O) groups excluding carboxylic acids is 1. The number of anilines is 1. The molecule has 198 valence electrons. The summed E-state index contributed by atoms with van der Waals surface area (Å²) in [6, 6.07) is 14.3. The van der Waals surface area contributed by atoms with Crippen molar-refractivity contribution < 1.29 is 23.4 Å². The van der Waals surface area contributed by atoms with E-state index in [2.05, 4.69) is 15.6 Å². The SMILES string of the molecule is CCOc1cc(C(=O)NC(=S)Nc2cc(-c3nc4cc(C)ccc4o3)ccc2Cl)cc(OCC)c1OCC. The van der Waals surface area contributed by atoms with Crippen LogP contribution in [0.4, 0.5) is 5.69 Å². The van der Waals surface area contributed by atoms with Crippen molar-refractivity contribution in [3.05, 3.63) is 64.7 Å². The smallest absolute Gasteiger partial charge is 0.257 e. The summed E-state index contributed by atoms with van der Waals surface area (Å²) in [4.78, 5) is 17.7. The molecule has 0 bridgehead atoms. The van der Waals surface area contributed by atoms with Crippen LogP contribution in [-0.2, 0) is 0 Å². The fourth-order valence-corrected chi connectivity index (χ4v) is 4.13. The fourth-order valence-electron chi connectivity index (χ4n) is 3.76. The van der Waals surface area contributed by atoms with Crippen molar-refractivity contribution in [2.24, 2.45) is 0 Å². The van der Waals surface area contributed by atoms with Gasteiger partial charge in [-0.25, -0.2) is 4.98 Å². The number of rotatable bonds is 9. The van der Waals surface area contributed by atoms with Crippen molar-refractivity contribution >= 4 is 51.6 Å². The molecule has 2 N–H and O–H groups in total. The van der Waals surface area contributed by atoms with Gasteiger partial charge in [0.25, 0.3) is 5.91 Å². The molecule has 0 aliphatic rings. The standard InChI is InChI=1S/C28H28ClN3O5S/c1-5-34-23-14-18(15-24(35-6-2)25(23)36-7-3)26(33)32-28(38)31-20-13-17(9-10-19(20)29)27-30-21-12-16(4)8-11-22(21)37-27/h8-15H,5-7H2,1-4H3,(H2,31,32,33,38). The lowest BCUT2D eigenvalue weighted by molar-refractivity contribution is 0.0976. The van der Waals surface area contributed by atoms with E-state index >= 15 is 0 Å². The van der Waals surface area contributed by atoms with E-state index in [1.54, 1.807) is 30.3 Å². The van der Waals surface area contributed by atoms with Crippen LogP contribution in [0.3, 0.4) is 0 Å². The number of hydrogen-bond donors (Lipinski definition) is 2. The van der Waals surface area contributed by atoms with E-state index in [1.807, 2.05) is 45.9 Å². The van der Waals surface area contributed by atoms with Gasteiger partial charge in [0, 0.05) is 11.1 Å². The number of thiocarbonyl (C=S) groups is 1. The lowest BCUT2D eigenvalue weighted by atomic mass is 10.1. The summed E-state index contributed by atoms with van der Waals surface area (Å²) in [6.07, 6.45) is 0. The van der Waals surface area contributed by atoms with Gasteiger partial charge < -0.3 is 23.9 Å². The summed E-state index contributed by atoms with van der Waals surface area (Å²) in [5, 5.41) is 6.14. The quantitative estimate of drug-likeness (QED) is 0.219. The van der Waals surface area contributed by atoms with Gasteiger partial charge in [-0.2, -0.15) is 0 Å². The number of oxazole rings is 1. The molecule has 4 rings (SSSR count). The first-order valence-corrected chi connectivity index (χ1v) is 13.0. The maximum absolute atomic E-state index is 13.1. The fraction of sp³-hybridized carbons (Fsp3) is 0.250. The topological polar surface area (TPSA) is 94.9 Å². The van der Waals surface area contributed by atoms with Crippen LogP contribution in [0.5, 0.6) is 17.2 Å². The molecule has 0 aliphatic carbocycles. The van der Waals surface area contributed by atoms with Gasteiger partial charge in [-0.05, 0) is 87.9 Å². The maximum Gasteiger partial charge on any atom is 0.257 e. The molecule has 3 aromatic carbocycles. The van der Waals surface area contributed by atoms with Gasteiger partial charge in [0.2, 0.25) is 11.6 Å². The lowest BCUT2D eigenvalue weighted by Crippen LogP contribution is -2.34. The van der Waals surface area contributed by atoms with Crippen LogP contribution in [0.1, 0.15) is 36.7 Å². The van der Waals surface area contributed by atoms with Crippen molar-refractivity contribution in [3.8, 4) is 28.7 Å². The second kappa shape index (κ2) is 12.1. The minimum absolute atomic E-state index is 0.0621. The molecule has 4 aromatic rings. The third kappa shape index (κ3) is 6.17. The van der Waals surface area contributed by atoms with Crippen molar-refractivity contribution in [3.63, 3.8) is 0 Å². The Bertz CT molecular complexity index is 1460. The summed E-state index contributed by atoms with van der Waals surface area (Å²) in [7, 11) is 0. The Kier molecular flexibility index (Phi) is 8.70. The van der Waals surface area contributed by atoms with Crippen molar-refractivity contribution in [1.29, 1.82) is 0 Å². The number of nitrogens with zero attached hydrogens (tertiary/aromatic N) is 1. The molecule has 0 radical (unpaired) electrons. The number of nitrogens with one attached hydrogen (secondary N) is 2. The molecular weight excluding hydrogens is 526 g/mol. The third-order valence-corrected chi connectivity index (χ3v) is 5.94. The first-order chi connectivity index (χ1) is 18.3. The van der Waals surface area contributed by atoms with Gasteiger partial charge in [0.05, 0.1) is 30.5 Å². The maximum atomic E-state index is 13.1. The van der Waals surface area contributed by atoms with Gasteiger partial charge in [-0.15, -0.1) is 0 Å². The summed E-state index contributed by atoms with van der Waals surface area (Å²) in [5.41, 5.74) is 4.03. The number of fused-ring (bicyclic) bond motifs is 1. The minimum atomic E-state index is -0.450. The Morgan fingerprint density at radius 1 is 0.974 bits per heavy atom. The Hall–Kier alpha value is -3.82. The van der Waals surface area contributed by atoms with E-state index < -0.39 is 5.91 Å². The number of amides is 1. The lowest BCUT2D eigenvalue weighted by Gasteiger charge is -2.17. The van der Waals surface area contributed by atoms with Crippen LogP contribution < -0.4 is 24.8 Å². The first-order valence-electron chi connectivity index (χ1n) is 12.2. The monoisotopic (exact) mass is 553 g/mol. The zero-order valence-corrected chi connectivity index (χ0v) is 23.1. The van der Waals surface area contributed by atoms with Gasteiger partial charge >= 0.3 is 0 Å². The number of benzene rings is 3. The van der Waals surface area contributed by atoms with Gasteiger partial charge in [0.15, 0.2) is 22.2 Å². The average Bonchev–Trinajstić information content (AvgIpc) is 3.30. The van der Waals surface area contributed by atoms with E-state index in [0.717, 1.165) is 11.1 Å². The zero-order chi connectivity index (χ0) is 27.2. The second-order valence-electron chi connectivity index (χ2n) is 8.19. The first kappa shape index (κ1) is 27.2. The van der Waals surface area contributed by atoms with E-state index in [0.29, 0.717) is 70.4 Å². The number of aryl methyl sites for hydroxylation is 1. The molecular formula is C28H28ClN3O5S. The van der Waals surface area contributed by atoms with E-state index in [-0.39, 0.29) is 5.11 Å². The van der Waals surface area contributed by atoms with Crippen LogP contribution in [-0.4, -0.2) is 35.8 Å². The summed E-state index contributed by atoms with van der Waals surface area (Å²) < 4.78 is 23.0.